The second kappa shape index (κ2) is 3.11. The average Bonchev–Trinajstić information content (AvgIpc) is 2.17. The number of carbonyl (C=O) groups is 1. The molecule has 2 aromatic heterocycles. The Morgan fingerprint density at radius 1 is 1.31 bits per heavy atom. The molecule has 0 saturated carbocycles. The summed E-state index contributed by atoms with van der Waals surface area (Å²) in [6.45, 7) is 0. The summed E-state index contributed by atoms with van der Waals surface area (Å²) < 4.78 is 0. The van der Waals surface area contributed by atoms with Gasteiger partial charge in [-0.2, -0.15) is 0 Å². The number of hydrogen-bond acceptors (Lipinski definition) is 3. The fourth-order valence-corrected chi connectivity index (χ4v) is 1.18. The summed E-state index contributed by atoms with van der Waals surface area (Å²) in [7, 11) is 0. The summed E-state index contributed by atoms with van der Waals surface area (Å²) in [5.41, 5.74) is 0.988. The smallest absolute Gasteiger partial charge is 0.270 e. The van der Waals surface area contributed by atoms with Crippen LogP contribution in [0.25, 0.3) is 10.9 Å². The molecule has 0 aliphatic heterocycles. The van der Waals surface area contributed by atoms with E-state index in [1.807, 2.05) is 0 Å². The molecule has 13 heavy (non-hydrogen) atoms. The summed E-state index contributed by atoms with van der Waals surface area (Å²) in [5.74, 6) is 0. The average molecular weight is 193 g/mol. The lowest BCUT2D eigenvalue weighted by atomic mass is 10.2. The highest BCUT2D eigenvalue weighted by Crippen LogP contribution is 2.11. The van der Waals surface area contributed by atoms with Crippen LogP contribution in [0.3, 0.4) is 0 Å². The van der Waals surface area contributed by atoms with E-state index in [1.54, 1.807) is 30.6 Å². The normalized spacial score (nSPS) is 10.2. The molecule has 2 aromatic rings. The molecule has 4 heteroatoms. The molecule has 0 atom stereocenters. The molecular weight excluding hydrogens is 188 g/mol. The number of fused-ring (bicyclic) bond motifs is 1. The molecule has 0 saturated heterocycles. The highest BCUT2D eigenvalue weighted by atomic mass is 35.5. The van der Waals surface area contributed by atoms with Gasteiger partial charge in [0.2, 0.25) is 0 Å². The number of pyridine rings is 2. The van der Waals surface area contributed by atoms with Gasteiger partial charge in [0.15, 0.2) is 0 Å². The maximum absolute atomic E-state index is 10.8. The lowest BCUT2D eigenvalue weighted by molar-refractivity contribution is 0.107. The third-order valence-electron chi connectivity index (χ3n) is 1.69. The van der Waals surface area contributed by atoms with E-state index in [1.165, 1.54) is 0 Å². The molecule has 2 heterocycles. The van der Waals surface area contributed by atoms with Gasteiger partial charge in [-0.05, 0) is 29.8 Å². The van der Waals surface area contributed by atoms with Crippen LogP contribution in [0.5, 0.6) is 0 Å². The largest absolute Gasteiger partial charge is 0.274 e. The maximum Gasteiger partial charge on any atom is 0.270 e. The van der Waals surface area contributed by atoms with Crippen molar-refractivity contribution >= 4 is 27.7 Å². The van der Waals surface area contributed by atoms with E-state index < -0.39 is 5.24 Å². The highest BCUT2D eigenvalue weighted by molar-refractivity contribution is 6.67. The second-order valence-corrected chi connectivity index (χ2v) is 2.88. The van der Waals surface area contributed by atoms with E-state index in [2.05, 4.69) is 9.97 Å². The van der Waals surface area contributed by atoms with E-state index >= 15 is 0 Å². The van der Waals surface area contributed by atoms with Crippen molar-refractivity contribution < 1.29 is 4.79 Å². The molecule has 64 valence electrons. The van der Waals surface area contributed by atoms with Gasteiger partial charge < -0.3 is 0 Å². The van der Waals surface area contributed by atoms with Crippen molar-refractivity contribution in [2.24, 2.45) is 0 Å². The second-order valence-electron chi connectivity index (χ2n) is 2.54. The van der Waals surface area contributed by atoms with Crippen molar-refractivity contribution in [3.63, 3.8) is 0 Å². The Balaban J connectivity index is 2.69. The third-order valence-corrected chi connectivity index (χ3v) is 1.88. The van der Waals surface area contributed by atoms with Crippen molar-refractivity contribution in [2.75, 3.05) is 0 Å². The van der Waals surface area contributed by atoms with Crippen LogP contribution < -0.4 is 0 Å². The fraction of sp³-hybridized carbons (Fsp3) is 0. The van der Waals surface area contributed by atoms with Crippen LogP contribution in [0.1, 0.15) is 10.5 Å². The van der Waals surface area contributed by atoms with Gasteiger partial charge >= 0.3 is 0 Å². The van der Waals surface area contributed by atoms with E-state index in [-0.39, 0.29) is 5.69 Å². The fourth-order valence-electron chi connectivity index (χ4n) is 1.07. The molecule has 0 unspecified atom stereocenters. The van der Waals surface area contributed by atoms with Crippen molar-refractivity contribution in [3.05, 3.63) is 36.3 Å². The molecule has 3 nitrogen and oxygen atoms in total. The molecule has 0 aliphatic rings. The maximum atomic E-state index is 10.8. The first kappa shape index (κ1) is 8.13. The van der Waals surface area contributed by atoms with Crippen molar-refractivity contribution in [3.8, 4) is 0 Å². The number of rotatable bonds is 1. The lowest BCUT2D eigenvalue weighted by Gasteiger charge is -1.96. The van der Waals surface area contributed by atoms with E-state index in [9.17, 15) is 4.79 Å². The molecule has 0 spiro atoms. The summed E-state index contributed by atoms with van der Waals surface area (Å²) in [5, 5.41) is 0.350. The number of nitrogens with zero attached hydrogens (tertiary/aromatic N) is 2. The molecule has 0 amide bonds. The summed E-state index contributed by atoms with van der Waals surface area (Å²) >= 11 is 5.29. The Bertz CT molecular complexity index is 470. The minimum Gasteiger partial charge on any atom is -0.274 e. The minimum absolute atomic E-state index is 0.264. The van der Waals surface area contributed by atoms with Gasteiger partial charge in [-0.15, -0.1) is 0 Å². The summed E-state index contributed by atoms with van der Waals surface area (Å²) in [4.78, 5) is 18.8. The first-order valence-electron chi connectivity index (χ1n) is 3.68. The quantitative estimate of drug-likeness (QED) is 0.650. The first-order valence-corrected chi connectivity index (χ1v) is 4.06. The molecule has 0 bridgehead atoms. The van der Waals surface area contributed by atoms with Crippen molar-refractivity contribution in [2.45, 2.75) is 0 Å². The Morgan fingerprint density at radius 2 is 2.15 bits per heavy atom. The molecule has 0 fully saturated rings. The van der Waals surface area contributed by atoms with Crippen LogP contribution in [0.15, 0.2) is 30.6 Å². The predicted molar refractivity (Wildman–Crippen MR) is 49.7 cm³/mol. The molecule has 2 rings (SSSR count). The number of carbonyl (C=O) groups excluding carboxylic acids is 1. The first-order chi connectivity index (χ1) is 6.27. The zero-order chi connectivity index (χ0) is 9.26. The van der Waals surface area contributed by atoms with Crippen LogP contribution in [-0.2, 0) is 0 Å². The number of halogens is 1. The molecule has 0 aliphatic carbocycles. The topological polar surface area (TPSA) is 42.9 Å². The van der Waals surface area contributed by atoms with Gasteiger partial charge in [-0.25, -0.2) is 4.98 Å². The van der Waals surface area contributed by atoms with E-state index in [4.69, 9.17) is 11.6 Å². The van der Waals surface area contributed by atoms with Crippen LogP contribution >= 0.6 is 11.6 Å². The van der Waals surface area contributed by atoms with Crippen LogP contribution in [0.2, 0.25) is 0 Å². The SMILES string of the molecule is O=C(Cl)c1ccc2cnccc2n1. The van der Waals surface area contributed by atoms with Gasteiger partial charge in [0, 0.05) is 17.8 Å². The summed E-state index contributed by atoms with van der Waals surface area (Å²) in [6, 6.07) is 5.09. The van der Waals surface area contributed by atoms with E-state index in [0.717, 1.165) is 10.9 Å². The van der Waals surface area contributed by atoms with Crippen LogP contribution in [-0.4, -0.2) is 15.2 Å². The van der Waals surface area contributed by atoms with Crippen molar-refractivity contribution in [1.29, 1.82) is 0 Å². The molecule has 0 aromatic carbocycles. The molecular formula is C9H5ClN2O. The Morgan fingerprint density at radius 3 is 2.92 bits per heavy atom. The van der Waals surface area contributed by atoms with Crippen LogP contribution in [0.4, 0.5) is 0 Å². The predicted octanol–water partition coefficient (Wildman–Crippen LogP) is 2.01. The lowest BCUT2D eigenvalue weighted by Crippen LogP contribution is -1.93. The van der Waals surface area contributed by atoms with Gasteiger partial charge in [0.25, 0.3) is 5.24 Å². The van der Waals surface area contributed by atoms with Gasteiger partial charge in [-0.1, -0.05) is 0 Å². The standard InChI is InChI=1S/C9H5ClN2O/c10-9(13)8-2-1-6-5-11-4-3-7(6)12-8/h1-5H. The summed E-state index contributed by atoms with van der Waals surface area (Å²) in [6.07, 6.45) is 3.31. The van der Waals surface area contributed by atoms with Gasteiger partial charge in [0.05, 0.1) is 5.52 Å². The third kappa shape index (κ3) is 1.51. The van der Waals surface area contributed by atoms with Gasteiger partial charge in [0.1, 0.15) is 5.69 Å². The highest BCUT2D eigenvalue weighted by Gasteiger charge is 2.03. The number of aromatic nitrogens is 2. The zero-order valence-electron chi connectivity index (χ0n) is 6.57. The van der Waals surface area contributed by atoms with Gasteiger partial charge in [-0.3, -0.25) is 9.78 Å². The Kier molecular flexibility index (Phi) is 1.94. The number of hydrogen-bond donors (Lipinski definition) is 0. The molecule has 0 N–H and O–H groups in total. The zero-order valence-corrected chi connectivity index (χ0v) is 7.32. The molecule has 0 radical (unpaired) electrons. The Labute approximate surface area is 79.4 Å². The monoisotopic (exact) mass is 192 g/mol. The van der Waals surface area contributed by atoms with E-state index in [0.29, 0.717) is 0 Å². The Hall–Kier alpha value is -1.48. The van der Waals surface area contributed by atoms with Crippen LogP contribution in [0, 0.1) is 0 Å². The minimum atomic E-state index is -0.543. The van der Waals surface area contributed by atoms with Crippen molar-refractivity contribution in [1.82, 2.24) is 9.97 Å².